The summed E-state index contributed by atoms with van der Waals surface area (Å²) in [5.41, 5.74) is 0.271. The van der Waals surface area contributed by atoms with Crippen LogP contribution in [0, 0.1) is 5.82 Å². The van der Waals surface area contributed by atoms with Crippen LogP contribution in [0.5, 0.6) is 17.2 Å². The van der Waals surface area contributed by atoms with Crippen molar-refractivity contribution in [2.75, 3.05) is 32.7 Å². The lowest BCUT2D eigenvalue weighted by Crippen LogP contribution is -2.27. The van der Waals surface area contributed by atoms with E-state index in [0.717, 1.165) is 10.4 Å². The van der Waals surface area contributed by atoms with Crippen LogP contribution in [0.3, 0.4) is 0 Å². The van der Waals surface area contributed by atoms with Crippen molar-refractivity contribution in [2.24, 2.45) is 0 Å². The van der Waals surface area contributed by atoms with Crippen LogP contribution in [0.25, 0.3) is 0 Å². The number of halogens is 1. The third-order valence-electron chi connectivity index (χ3n) is 3.51. The summed E-state index contributed by atoms with van der Waals surface area (Å²) in [5.74, 6) is 0.0183. The van der Waals surface area contributed by atoms with Gasteiger partial charge in [-0.3, -0.25) is 4.31 Å². The molecule has 8 heteroatoms. The molecule has 24 heavy (non-hydrogen) atoms. The molecule has 130 valence electrons. The monoisotopic (exact) mass is 355 g/mol. The maximum absolute atomic E-state index is 13.9. The van der Waals surface area contributed by atoms with Gasteiger partial charge in [-0.15, -0.1) is 0 Å². The number of benzene rings is 2. The van der Waals surface area contributed by atoms with E-state index < -0.39 is 15.8 Å². The van der Waals surface area contributed by atoms with E-state index in [2.05, 4.69) is 0 Å². The van der Waals surface area contributed by atoms with Gasteiger partial charge in [0.15, 0.2) is 11.6 Å². The van der Waals surface area contributed by atoms with Gasteiger partial charge in [0.05, 0.1) is 31.9 Å². The lowest BCUT2D eigenvalue weighted by Gasteiger charge is -2.22. The highest BCUT2D eigenvalue weighted by Crippen LogP contribution is 2.35. The van der Waals surface area contributed by atoms with Crippen LogP contribution < -0.4 is 18.5 Å². The molecular formula is C16H18FNO5S. The van der Waals surface area contributed by atoms with Gasteiger partial charge in [0.1, 0.15) is 11.5 Å². The minimum atomic E-state index is -3.99. The van der Waals surface area contributed by atoms with E-state index in [0.29, 0.717) is 11.5 Å². The van der Waals surface area contributed by atoms with Crippen molar-refractivity contribution in [1.82, 2.24) is 0 Å². The number of anilines is 1. The number of rotatable bonds is 6. The lowest BCUT2D eigenvalue weighted by atomic mass is 10.3. The fraction of sp³-hybridized carbons (Fsp3) is 0.250. The van der Waals surface area contributed by atoms with E-state index >= 15 is 0 Å². The minimum absolute atomic E-state index is 0.0319. The molecule has 0 heterocycles. The first kappa shape index (κ1) is 17.9. The number of ether oxygens (including phenoxy) is 3. The van der Waals surface area contributed by atoms with Gasteiger partial charge in [-0.05, 0) is 30.3 Å². The molecule has 2 aromatic carbocycles. The Morgan fingerprint density at radius 3 is 2.08 bits per heavy atom. The van der Waals surface area contributed by atoms with Crippen LogP contribution in [-0.4, -0.2) is 36.8 Å². The van der Waals surface area contributed by atoms with E-state index in [4.69, 9.17) is 14.2 Å². The molecule has 0 aromatic heterocycles. The first-order valence-electron chi connectivity index (χ1n) is 6.89. The van der Waals surface area contributed by atoms with Gasteiger partial charge in [0.2, 0.25) is 0 Å². The van der Waals surface area contributed by atoms with Crippen LogP contribution in [0.4, 0.5) is 10.1 Å². The molecule has 0 saturated heterocycles. The zero-order chi connectivity index (χ0) is 17.9. The summed E-state index contributed by atoms with van der Waals surface area (Å²) >= 11 is 0. The van der Waals surface area contributed by atoms with Gasteiger partial charge < -0.3 is 14.2 Å². The molecule has 0 aliphatic carbocycles. The van der Waals surface area contributed by atoms with Crippen LogP contribution in [0.15, 0.2) is 41.3 Å². The maximum atomic E-state index is 13.9. The quantitative estimate of drug-likeness (QED) is 0.797. The Morgan fingerprint density at radius 2 is 1.54 bits per heavy atom. The second-order valence-corrected chi connectivity index (χ2v) is 6.78. The van der Waals surface area contributed by atoms with Gasteiger partial charge in [0.25, 0.3) is 10.0 Å². The second kappa shape index (κ2) is 6.96. The molecular weight excluding hydrogens is 337 g/mol. The van der Waals surface area contributed by atoms with Crippen LogP contribution in [0.1, 0.15) is 0 Å². The van der Waals surface area contributed by atoms with Crippen molar-refractivity contribution in [3.05, 3.63) is 42.2 Å². The smallest absolute Gasteiger partial charge is 0.264 e. The Kier molecular flexibility index (Phi) is 5.18. The predicted molar refractivity (Wildman–Crippen MR) is 88.1 cm³/mol. The van der Waals surface area contributed by atoms with Crippen molar-refractivity contribution in [1.29, 1.82) is 0 Å². The van der Waals surface area contributed by atoms with E-state index in [1.165, 1.54) is 46.6 Å². The first-order chi connectivity index (χ1) is 11.3. The standard InChI is InChI=1S/C16H18FNO5S/c1-18(14-9-11(21-2)5-7-16(14)23-4)24(19,20)12-6-8-15(22-3)13(17)10-12/h5-10H,1-4H3. The lowest BCUT2D eigenvalue weighted by molar-refractivity contribution is 0.385. The van der Waals surface area contributed by atoms with E-state index in [9.17, 15) is 12.8 Å². The molecule has 0 amide bonds. The number of methoxy groups -OCH3 is 3. The highest BCUT2D eigenvalue weighted by atomic mass is 32.2. The van der Waals surface area contributed by atoms with Gasteiger partial charge in [-0.2, -0.15) is 0 Å². The van der Waals surface area contributed by atoms with Crippen LogP contribution in [0.2, 0.25) is 0 Å². The third-order valence-corrected chi connectivity index (χ3v) is 5.27. The molecule has 0 bridgehead atoms. The summed E-state index contributed by atoms with van der Waals surface area (Å²) in [4.78, 5) is -0.201. The van der Waals surface area contributed by atoms with Crippen LogP contribution in [-0.2, 0) is 10.0 Å². The van der Waals surface area contributed by atoms with E-state index in [-0.39, 0.29) is 16.3 Å². The maximum Gasteiger partial charge on any atom is 0.264 e. The Morgan fingerprint density at radius 1 is 0.917 bits per heavy atom. The molecule has 0 N–H and O–H groups in total. The minimum Gasteiger partial charge on any atom is -0.497 e. The number of hydrogen-bond acceptors (Lipinski definition) is 5. The Bertz CT molecular complexity index is 838. The normalized spacial score (nSPS) is 11.0. The Balaban J connectivity index is 2.51. The zero-order valence-electron chi connectivity index (χ0n) is 13.7. The third kappa shape index (κ3) is 3.23. The molecule has 6 nitrogen and oxygen atoms in total. The molecule has 2 rings (SSSR count). The van der Waals surface area contributed by atoms with E-state index in [1.807, 2.05) is 0 Å². The topological polar surface area (TPSA) is 65.1 Å². The van der Waals surface area contributed by atoms with E-state index in [1.54, 1.807) is 12.1 Å². The highest BCUT2D eigenvalue weighted by Gasteiger charge is 2.25. The molecule has 0 radical (unpaired) electrons. The summed E-state index contributed by atoms with van der Waals surface area (Å²) in [6.07, 6.45) is 0. The highest BCUT2D eigenvalue weighted by molar-refractivity contribution is 7.92. The largest absolute Gasteiger partial charge is 0.497 e. The summed E-state index contributed by atoms with van der Waals surface area (Å²) in [6, 6.07) is 8.22. The van der Waals surface area contributed by atoms with Crippen molar-refractivity contribution >= 4 is 15.7 Å². The molecule has 0 spiro atoms. The summed E-state index contributed by atoms with van der Waals surface area (Å²) in [6.45, 7) is 0. The molecule has 0 saturated carbocycles. The Labute approximate surface area is 140 Å². The average molecular weight is 355 g/mol. The van der Waals surface area contributed by atoms with Crippen molar-refractivity contribution in [3.8, 4) is 17.2 Å². The number of hydrogen-bond donors (Lipinski definition) is 0. The molecule has 0 aliphatic rings. The fourth-order valence-corrected chi connectivity index (χ4v) is 3.35. The average Bonchev–Trinajstić information content (AvgIpc) is 2.60. The fourth-order valence-electron chi connectivity index (χ4n) is 2.14. The van der Waals surface area contributed by atoms with Gasteiger partial charge in [0, 0.05) is 13.1 Å². The van der Waals surface area contributed by atoms with Crippen molar-refractivity contribution < 1.29 is 27.0 Å². The molecule has 0 fully saturated rings. The SMILES string of the molecule is COc1ccc(OC)c(N(C)S(=O)(=O)c2ccc(OC)c(F)c2)c1. The first-order valence-corrected chi connectivity index (χ1v) is 8.33. The molecule has 0 atom stereocenters. The van der Waals surface area contributed by atoms with Crippen LogP contribution >= 0.6 is 0 Å². The zero-order valence-corrected chi connectivity index (χ0v) is 14.6. The van der Waals surface area contributed by atoms with Gasteiger partial charge in [-0.25, -0.2) is 12.8 Å². The van der Waals surface area contributed by atoms with Gasteiger partial charge in [-0.1, -0.05) is 0 Å². The summed E-state index contributed by atoms with van der Waals surface area (Å²) < 4.78 is 55.5. The number of sulfonamides is 1. The molecule has 0 aliphatic heterocycles. The van der Waals surface area contributed by atoms with Crippen molar-refractivity contribution in [3.63, 3.8) is 0 Å². The Hall–Kier alpha value is -2.48. The van der Waals surface area contributed by atoms with Gasteiger partial charge >= 0.3 is 0 Å². The summed E-state index contributed by atoms with van der Waals surface area (Å²) in [7, 11) is 1.57. The molecule has 0 unspecified atom stereocenters. The predicted octanol–water partition coefficient (Wildman–Crippen LogP) is 2.68. The number of nitrogens with zero attached hydrogens (tertiary/aromatic N) is 1. The van der Waals surface area contributed by atoms with Crippen molar-refractivity contribution in [2.45, 2.75) is 4.90 Å². The second-order valence-electron chi connectivity index (χ2n) is 4.81. The molecule has 2 aromatic rings. The summed E-state index contributed by atoms with van der Waals surface area (Å²) in [5, 5.41) is 0.